The number of ketones is 1. The number of hydrogen-bond acceptors (Lipinski definition) is 3. The number of hydrogen-bond donors (Lipinski definition) is 2. The summed E-state index contributed by atoms with van der Waals surface area (Å²) in [5.41, 5.74) is 1.48. The van der Waals surface area contributed by atoms with E-state index in [0.717, 1.165) is 30.3 Å². The van der Waals surface area contributed by atoms with Crippen LogP contribution < -0.4 is 10.6 Å². The molecule has 0 aliphatic carbocycles. The van der Waals surface area contributed by atoms with Crippen molar-refractivity contribution in [2.75, 3.05) is 6.54 Å². The maximum atomic E-state index is 12.8. The van der Waals surface area contributed by atoms with Crippen LogP contribution in [0, 0.1) is 0 Å². The van der Waals surface area contributed by atoms with Crippen LogP contribution in [0.2, 0.25) is 0 Å². The molecule has 2 atom stereocenters. The molecule has 3 rings (SSSR count). The van der Waals surface area contributed by atoms with Gasteiger partial charge in [0.15, 0.2) is 0 Å². The van der Waals surface area contributed by atoms with Crippen molar-refractivity contribution in [3.63, 3.8) is 0 Å². The summed E-state index contributed by atoms with van der Waals surface area (Å²) in [6.07, 6.45) is 7.41. The molecule has 0 bridgehead atoms. The third kappa shape index (κ3) is 4.41. The summed E-state index contributed by atoms with van der Waals surface area (Å²) < 4.78 is 2.05. The van der Waals surface area contributed by atoms with E-state index in [-0.39, 0.29) is 12.1 Å². The summed E-state index contributed by atoms with van der Waals surface area (Å²) in [4.78, 5) is 25.4. The fraction of sp³-hybridized carbons (Fsp3) is 0.545. The van der Waals surface area contributed by atoms with Gasteiger partial charge in [-0.3, -0.25) is 9.59 Å². The summed E-state index contributed by atoms with van der Waals surface area (Å²) >= 11 is 0. The molecule has 5 nitrogen and oxygen atoms in total. The lowest BCUT2D eigenvalue weighted by atomic mass is 9.96. The molecule has 1 amide bonds. The van der Waals surface area contributed by atoms with Gasteiger partial charge in [-0.15, -0.1) is 0 Å². The fourth-order valence-electron chi connectivity index (χ4n) is 3.92. The molecule has 2 heterocycles. The number of carbonyl (C=O) groups excluding carboxylic acids is 2. The highest BCUT2D eigenvalue weighted by molar-refractivity contribution is 6.45. The lowest BCUT2D eigenvalue weighted by molar-refractivity contribution is -0.117. The van der Waals surface area contributed by atoms with Gasteiger partial charge in [0.2, 0.25) is 0 Å². The minimum absolute atomic E-state index is 0.0257. The van der Waals surface area contributed by atoms with Gasteiger partial charge >= 0.3 is 0 Å². The number of piperidine rings is 1. The fourth-order valence-corrected chi connectivity index (χ4v) is 3.92. The number of Topliss-reactive ketones (excluding diaryl/α,β-unsaturated/α-hetero) is 1. The number of benzene rings is 1. The van der Waals surface area contributed by atoms with Gasteiger partial charge in [-0.05, 0) is 39.2 Å². The number of carbonyl (C=O) groups is 2. The highest BCUT2D eigenvalue weighted by Gasteiger charge is 2.26. The molecule has 1 aromatic heterocycles. The molecule has 1 aliphatic rings. The second kappa shape index (κ2) is 8.70. The minimum atomic E-state index is -0.500. The molecule has 2 unspecified atom stereocenters. The summed E-state index contributed by atoms with van der Waals surface area (Å²) in [7, 11) is 0. The molecule has 0 saturated carbocycles. The van der Waals surface area contributed by atoms with E-state index >= 15 is 0 Å². The first-order chi connectivity index (χ1) is 13.0. The van der Waals surface area contributed by atoms with Gasteiger partial charge in [-0.1, -0.05) is 38.0 Å². The monoisotopic (exact) mass is 369 g/mol. The summed E-state index contributed by atoms with van der Waals surface area (Å²) in [5.74, 6) is -0.945. The Balaban J connectivity index is 1.67. The lowest BCUT2D eigenvalue weighted by Gasteiger charge is -2.30. The number of fused-ring (bicyclic) bond motifs is 1. The van der Waals surface area contributed by atoms with E-state index in [0.29, 0.717) is 11.6 Å². The Kier molecular flexibility index (Phi) is 6.32. The molecule has 0 spiro atoms. The van der Waals surface area contributed by atoms with Gasteiger partial charge in [0, 0.05) is 41.8 Å². The first kappa shape index (κ1) is 19.6. The maximum absolute atomic E-state index is 12.8. The molecule has 2 N–H and O–H groups in total. The van der Waals surface area contributed by atoms with Crippen LogP contribution in [0.4, 0.5) is 0 Å². The average molecular weight is 370 g/mol. The van der Waals surface area contributed by atoms with E-state index in [4.69, 9.17) is 0 Å². The van der Waals surface area contributed by atoms with Crippen molar-refractivity contribution in [1.82, 2.24) is 15.2 Å². The first-order valence-corrected chi connectivity index (χ1v) is 10.2. The number of nitrogens with one attached hydrogen (secondary N) is 2. The molecule has 2 aromatic rings. The van der Waals surface area contributed by atoms with Crippen molar-refractivity contribution in [3.05, 3.63) is 36.0 Å². The highest BCUT2D eigenvalue weighted by Crippen LogP contribution is 2.25. The van der Waals surface area contributed by atoms with Crippen LogP contribution in [-0.4, -0.2) is 34.9 Å². The van der Waals surface area contributed by atoms with Crippen molar-refractivity contribution in [3.8, 4) is 0 Å². The van der Waals surface area contributed by atoms with E-state index < -0.39 is 11.7 Å². The van der Waals surface area contributed by atoms with Crippen molar-refractivity contribution in [2.24, 2.45) is 0 Å². The lowest BCUT2D eigenvalue weighted by Crippen LogP contribution is -2.50. The number of nitrogens with zero attached hydrogens (tertiary/aromatic N) is 1. The van der Waals surface area contributed by atoms with Crippen LogP contribution >= 0.6 is 0 Å². The molecule has 1 aromatic carbocycles. The van der Waals surface area contributed by atoms with Gasteiger partial charge < -0.3 is 15.2 Å². The molecule has 1 aliphatic heterocycles. The van der Waals surface area contributed by atoms with Crippen LogP contribution in [0.25, 0.3) is 10.9 Å². The average Bonchev–Trinajstić information content (AvgIpc) is 3.07. The standard InChI is InChI=1S/C22H31N3O2/c1-4-5-8-16-11-12-17(13-23-16)24-22(27)21(26)19-14-25(15(2)3)20-10-7-6-9-18(19)20/h6-7,9-10,14-17,23H,4-5,8,11-13H2,1-3H3,(H,24,27). The van der Waals surface area contributed by atoms with Gasteiger partial charge in [0.1, 0.15) is 0 Å². The molecule has 1 saturated heterocycles. The summed E-state index contributed by atoms with van der Waals surface area (Å²) in [6, 6.07) is 8.56. The SMILES string of the molecule is CCCCC1CCC(NC(=O)C(=O)c2cn(C(C)C)c3ccccc23)CN1. The largest absolute Gasteiger partial charge is 0.345 e. The van der Waals surface area contributed by atoms with Crippen molar-refractivity contribution < 1.29 is 9.59 Å². The molecule has 146 valence electrons. The van der Waals surface area contributed by atoms with Crippen LogP contribution in [0.3, 0.4) is 0 Å². The molecular formula is C22H31N3O2. The Morgan fingerprint density at radius 3 is 2.70 bits per heavy atom. The van der Waals surface area contributed by atoms with Crippen LogP contribution in [-0.2, 0) is 4.79 Å². The zero-order chi connectivity index (χ0) is 19.4. The number of rotatable bonds is 7. The summed E-state index contributed by atoms with van der Waals surface area (Å²) in [6.45, 7) is 7.09. The Labute approximate surface area is 161 Å². The zero-order valence-corrected chi connectivity index (χ0v) is 16.6. The zero-order valence-electron chi connectivity index (χ0n) is 16.6. The Bertz CT molecular complexity index is 801. The number of amides is 1. The molecule has 0 radical (unpaired) electrons. The third-order valence-electron chi connectivity index (χ3n) is 5.51. The van der Waals surface area contributed by atoms with Crippen molar-refractivity contribution in [2.45, 2.75) is 71.0 Å². The first-order valence-electron chi connectivity index (χ1n) is 10.2. The Morgan fingerprint density at radius 1 is 1.26 bits per heavy atom. The van der Waals surface area contributed by atoms with Crippen molar-refractivity contribution in [1.29, 1.82) is 0 Å². The highest BCUT2D eigenvalue weighted by atomic mass is 16.2. The van der Waals surface area contributed by atoms with E-state index in [1.165, 1.54) is 19.3 Å². The Hall–Kier alpha value is -2.14. The minimum Gasteiger partial charge on any atom is -0.345 e. The van der Waals surface area contributed by atoms with Gasteiger partial charge in [0.25, 0.3) is 11.7 Å². The van der Waals surface area contributed by atoms with E-state index in [9.17, 15) is 9.59 Å². The molecule has 27 heavy (non-hydrogen) atoms. The van der Waals surface area contributed by atoms with Crippen molar-refractivity contribution >= 4 is 22.6 Å². The molecule has 1 fully saturated rings. The van der Waals surface area contributed by atoms with Gasteiger partial charge in [0.05, 0.1) is 5.56 Å². The number of unbranched alkanes of at least 4 members (excludes halogenated alkanes) is 1. The van der Waals surface area contributed by atoms with E-state index in [2.05, 4.69) is 36.0 Å². The van der Waals surface area contributed by atoms with Crippen LogP contribution in [0.5, 0.6) is 0 Å². The normalized spacial score (nSPS) is 20.1. The number of para-hydroxylation sites is 1. The maximum Gasteiger partial charge on any atom is 0.292 e. The molecule has 5 heteroatoms. The van der Waals surface area contributed by atoms with Gasteiger partial charge in [-0.25, -0.2) is 0 Å². The predicted molar refractivity (Wildman–Crippen MR) is 109 cm³/mol. The van der Waals surface area contributed by atoms with Crippen LogP contribution in [0.15, 0.2) is 30.5 Å². The number of aromatic nitrogens is 1. The third-order valence-corrected chi connectivity index (χ3v) is 5.51. The smallest absolute Gasteiger partial charge is 0.292 e. The topological polar surface area (TPSA) is 63.1 Å². The summed E-state index contributed by atoms with van der Waals surface area (Å²) in [5, 5.41) is 7.28. The van der Waals surface area contributed by atoms with E-state index in [1.807, 2.05) is 30.5 Å². The van der Waals surface area contributed by atoms with Gasteiger partial charge in [-0.2, -0.15) is 0 Å². The van der Waals surface area contributed by atoms with Crippen LogP contribution in [0.1, 0.15) is 69.3 Å². The molecular weight excluding hydrogens is 338 g/mol. The quantitative estimate of drug-likeness (QED) is 0.576. The second-order valence-electron chi connectivity index (χ2n) is 7.89. The second-order valence-corrected chi connectivity index (χ2v) is 7.89. The van der Waals surface area contributed by atoms with E-state index in [1.54, 1.807) is 0 Å². The predicted octanol–water partition coefficient (Wildman–Crippen LogP) is 3.83. The Morgan fingerprint density at radius 2 is 2.04 bits per heavy atom.